The normalized spacial score (nSPS) is 23.6. The van der Waals surface area contributed by atoms with E-state index in [4.69, 9.17) is 11.6 Å². The number of aromatic nitrogens is 1. The Morgan fingerprint density at radius 2 is 2.15 bits per heavy atom. The molecular formula is C12H14ClF3N2OS. The van der Waals surface area contributed by atoms with Crippen molar-refractivity contribution in [2.75, 3.05) is 5.32 Å². The second-order valence-electron chi connectivity index (χ2n) is 4.81. The summed E-state index contributed by atoms with van der Waals surface area (Å²) in [6, 6.07) is 0. The molecule has 0 bridgehead atoms. The summed E-state index contributed by atoms with van der Waals surface area (Å²) in [5.74, 6) is -2.96. The number of hydrogen-bond donors (Lipinski definition) is 1. The van der Waals surface area contributed by atoms with Crippen LogP contribution < -0.4 is 5.32 Å². The van der Waals surface area contributed by atoms with Crippen molar-refractivity contribution in [1.29, 1.82) is 0 Å². The Balaban J connectivity index is 2.06. The Bertz CT molecular complexity index is 478. The first-order valence-electron chi connectivity index (χ1n) is 6.29. The lowest BCUT2D eigenvalue weighted by atomic mass is 9.78. The van der Waals surface area contributed by atoms with Crippen molar-refractivity contribution < 1.29 is 18.0 Å². The SMILES string of the molecule is O=C(Nc1nc(CCl)cs1)C1CCCCC1C(F)(F)F. The van der Waals surface area contributed by atoms with Gasteiger partial charge < -0.3 is 5.32 Å². The molecule has 1 amide bonds. The Kier molecular flexibility index (Phi) is 4.90. The van der Waals surface area contributed by atoms with E-state index in [-0.39, 0.29) is 18.7 Å². The van der Waals surface area contributed by atoms with E-state index >= 15 is 0 Å². The third-order valence-electron chi connectivity index (χ3n) is 3.44. The van der Waals surface area contributed by atoms with Gasteiger partial charge in [-0.05, 0) is 12.8 Å². The number of halogens is 4. The average Bonchev–Trinajstić information content (AvgIpc) is 2.85. The standard InChI is InChI=1S/C12H14ClF3N2OS/c13-5-7-6-20-11(17-7)18-10(19)8-3-1-2-4-9(8)12(14,15)16/h6,8-9H,1-5H2,(H,17,18,19). The third-order valence-corrected chi connectivity index (χ3v) is 4.52. The van der Waals surface area contributed by atoms with Gasteiger partial charge in [-0.25, -0.2) is 4.98 Å². The monoisotopic (exact) mass is 326 g/mol. The number of carbonyl (C=O) groups is 1. The number of nitrogens with one attached hydrogen (secondary N) is 1. The van der Waals surface area contributed by atoms with Crippen molar-refractivity contribution >= 4 is 34.0 Å². The van der Waals surface area contributed by atoms with Gasteiger partial charge in [0.25, 0.3) is 0 Å². The summed E-state index contributed by atoms with van der Waals surface area (Å²) in [5.41, 5.74) is 0.600. The van der Waals surface area contributed by atoms with Crippen LogP contribution in [-0.4, -0.2) is 17.1 Å². The molecule has 1 saturated carbocycles. The molecule has 0 aliphatic heterocycles. The van der Waals surface area contributed by atoms with E-state index in [1.165, 1.54) is 11.3 Å². The van der Waals surface area contributed by atoms with E-state index < -0.39 is 23.9 Å². The lowest BCUT2D eigenvalue weighted by Crippen LogP contribution is -2.39. The zero-order valence-corrected chi connectivity index (χ0v) is 12.1. The quantitative estimate of drug-likeness (QED) is 0.846. The summed E-state index contributed by atoms with van der Waals surface area (Å²) >= 11 is 6.76. The van der Waals surface area contributed by atoms with Gasteiger partial charge in [-0.1, -0.05) is 12.8 Å². The number of nitrogens with zero attached hydrogens (tertiary/aromatic N) is 1. The van der Waals surface area contributed by atoms with Crippen LogP contribution in [0.3, 0.4) is 0 Å². The van der Waals surface area contributed by atoms with Gasteiger partial charge in [0.2, 0.25) is 5.91 Å². The van der Waals surface area contributed by atoms with Gasteiger partial charge in [0.1, 0.15) is 0 Å². The van der Waals surface area contributed by atoms with Crippen LogP contribution in [0.15, 0.2) is 5.38 Å². The predicted molar refractivity (Wildman–Crippen MR) is 71.8 cm³/mol. The van der Waals surface area contributed by atoms with Crippen molar-refractivity contribution in [3.05, 3.63) is 11.1 Å². The molecule has 1 aliphatic rings. The fourth-order valence-electron chi connectivity index (χ4n) is 2.46. The Hall–Kier alpha value is -0.820. The summed E-state index contributed by atoms with van der Waals surface area (Å²) in [6.45, 7) is 0. The van der Waals surface area contributed by atoms with Crippen molar-refractivity contribution in [2.24, 2.45) is 11.8 Å². The second kappa shape index (κ2) is 6.30. The average molecular weight is 327 g/mol. The van der Waals surface area contributed by atoms with Crippen molar-refractivity contribution in [1.82, 2.24) is 4.98 Å². The molecule has 0 radical (unpaired) electrons. The maximum absolute atomic E-state index is 12.9. The van der Waals surface area contributed by atoms with Gasteiger partial charge >= 0.3 is 6.18 Å². The first-order chi connectivity index (χ1) is 9.41. The molecule has 1 aromatic heterocycles. The highest BCUT2D eigenvalue weighted by molar-refractivity contribution is 7.13. The summed E-state index contributed by atoms with van der Waals surface area (Å²) in [5, 5.41) is 4.45. The van der Waals surface area contributed by atoms with Crippen LogP contribution in [0.25, 0.3) is 0 Å². The van der Waals surface area contributed by atoms with Gasteiger partial charge in [0.15, 0.2) is 5.13 Å². The second-order valence-corrected chi connectivity index (χ2v) is 5.93. The van der Waals surface area contributed by atoms with E-state index in [1.54, 1.807) is 5.38 Å². The molecule has 2 unspecified atom stereocenters. The zero-order valence-electron chi connectivity index (χ0n) is 10.5. The molecule has 2 atom stereocenters. The lowest BCUT2D eigenvalue weighted by molar-refractivity contribution is -0.197. The van der Waals surface area contributed by atoms with Crippen molar-refractivity contribution in [3.63, 3.8) is 0 Å². The molecule has 1 aliphatic carbocycles. The highest BCUT2D eigenvalue weighted by atomic mass is 35.5. The fraction of sp³-hybridized carbons (Fsp3) is 0.667. The van der Waals surface area contributed by atoms with Crippen LogP contribution in [0.2, 0.25) is 0 Å². The fourth-order valence-corrected chi connectivity index (χ4v) is 3.40. The highest BCUT2D eigenvalue weighted by Crippen LogP contribution is 2.41. The van der Waals surface area contributed by atoms with E-state index in [1.807, 2.05) is 0 Å². The maximum Gasteiger partial charge on any atom is 0.392 e. The summed E-state index contributed by atoms with van der Waals surface area (Å²) in [7, 11) is 0. The molecule has 20 heavy (non-hydrogen) atoms. The van der Waals surface area contributed by atoms with Gasteiger partial charge in [-0.3, -0.25) is 4.79 Å². The van der Waals surface area contributed by atoms with E-state index in [9.17, 15) is 18.0 Å². The topological polar surface area (TPSA) is 42.0 Å². The van der Waals surface area contributed by atoms with Gasteiger partial charge in [-0.15, -0.1) is 22.9 Å². The number of hydrogen-bond acceptors (Lipinski definition) is 3. The molecule has 1 N–H and O–H groups in total. The Morgan fingerprint density at radius 1 is 1.45 bits per heavy atom. The number of amides is 1. The van der Waals surface area contributed by atoms with Gasteiger partial charge in [0, 0.05) is 11.3 Å². The molecule has 0 aromatic carbocycles. The van der Waals surface area contributed by atoms with Crippen LogP contribution in [0.4, 0.5) is 18.3 Å². The molecule has 0 saturated heterocycles. The van der Waals surface area contributed by atoms with Gasteiger partial charge in [0.05, 0.1) is 17.5 Å². The molecule has 3 nitrogen and oxygen atoms in total. The van der Waals surface area contributed by atoms with E-state index in [0.29, 0.717) is 23.7 Å². The minimum absolute atomic E-state index is 0.0202. The highest BCUT2D eigenvalue weighted by Gasteiger charge is 2.48. The molecule has 2 rings (SSSR count). The van der Waals surface area contributed by atoms with Crippen LogP contribution in [0, 0.1) is 11.8 Å². The first-order valence-corrected chi connectivity index (χ1v) is 7.71. The molecule has 8 heteroatoms. The van der Waals surface area contributed by atoms with Crippen LogP contribution in [0.5, 0.6) is 0 Å². The van der Waals surface area contributed by atoms with Crippen LogP contribution in [0.1, 0.15) is 31.4 Å². The molecule has 1 heterocycles. The molecule has 1 aromatic rings. The Labute approximate surface area is 123 Å². The van der Waals surface area contributed by atoms with Crippen LogP contribution in [-0.2, 0) is 10.7 Å². The van der Waals surface area contributed by atoms with E-state index in [2.05, 4.69) is 10.3 Å². The third kappa shape index (κ3) is 3.63. The molecular weight excluding hydrogens is 313 g/mol. The van der Waals surface area contributed by atoms with Gasteiger partial charge in [-0.2, -0.15) is 13.2 Å². The van der Waals surface area contributed by atoms with Crippen molar-refractivity contribution in [2.45, 2.75) is 37.7 Å². The zero-order chi connectivity index (χ0) is 14.8. The Morgan fingerprint density at radius 3 is 2.75 bits per heavy atom. The minimum atomic E-state index is -4.33. The number of anilines is 1. The lowest BCUT2D eigenvalue weighted by Gasteiger charge is -2.31. The maximum atomic E-state index is 12.9. The summed E-state index contributed by atoms with van der Waals surface area (Å²) in [4.78, 5) is 16.1. The van der Waals surface area contributed by atoms with Crippen molar-refractivity contribution in [3.8, 4) is 0 Å². The number of carbonyl (C=O) groups excluding carboxylic acids is 1. The number of alkyl halides is 4. The predicted octanol–water partition coefficient (Wildman–Crippen LogP) is 4.19. The van der Waals surface area contributed by atoms with E-state index in [0.717, 1.165) is 0 Å². The smallest absolute Gasteiger partial charge is 0.302 e. The summed E-state index contributed by atoms with van der Waals surface area (Å²) < 4.78 is 38.8. The number of thiazole rings is 1. The molecule has 112 valence electrons. The van der Waals surface area contributed by atoms with Crippen LogP contribution >= 0.6 is 22.9 Å². The molecule has 1 fully saturated rings. The first kappa shape index (κ1) is 15.6. The largest absolute Gasteiger partial charge is 0.392 e. The number of rotatable bonds is 3. The molecule has 0 spiro atoms. The summed E-state index contributed by atoms with van der Waals surface area (Å²) in [6.07, 6.45) is -2.88. The minimum Gasteiger partial charge on any atom is -0.302 e.